The maximum atomic E-state index is 12.3. The summed E-state index contributed by atoms with van der Waals surface area (Å²) in [6.45, 7) is 1.74. The lowest BCUT2D eigenvalue weighted by Gasteiger charge is -2.18. The highest BCUT2D eigenvalue weighted by atomic mass is 16.5. The Bertz CT molecular complexity index is 736. The minimum atomic E-state index is -1.04. The van der Waals surface area contributed by atoms with E-state index >= 15 is 0 Å². The number of nitrogens with one attached hydrogen (secondary N) is 1. The highest BCUT2D eigenvalue weighted by Gasteiger charge is 2.22. The minimum absolute atomic E-state index is 0.158. The summed E-state index contributed by atoms with van der Waals surface area (Å²) in [5.41, 5.74) is 1.27. The van der Waals surface area contributed by atoms with Crippen molar-refractivity contribution in [3.8, 4) is 11.5 Å². The Balaban J connectivity index is 2.30. The number of hydrogen-bond acceptors (Lipinski definition) is 5. The van der Waals surface area contributed by atoms with Crippen LogP contribution < -0.4 is 14.8 Å². The Kier molecular flexibility index (Phi) is 5.47. The zero-order valence-corrected chi connectivity index (χ0v) is 13.7. The minimum Gasteiger partial charge on any atom is -0.493 e. The molecule has 2 aromatic rings. The van der Waals surface area contributed by atoms with Gasteiger partial charge in [-0.2, -0.15) is 0 Å². The van der Waals surface area contributed by atoms with Crippen molar-refractivity contribution in [1.82, 2.24) is 5.32 Å². The third kappa shape index (κ3) is 3.87. The van der Waals surface area contributed by atoms with E-state index in [1.807, 2.05) is 0 Å². The second-order valence-electron chi connectivity index (χ2n) is 5.17. The van der Waals surface area contributed by atoms with Gasteiger partial charge in [0.25, 0.3) is 5.91 Å². The standard InChI is InChI=1S/C17H19NO6/c1-10-6-7-24-16(10)17(21)18-12(9-15(19)20)11-4-5-13(22-2)14(8-11)23-3/h4-8,12H,9H2,1-3H3,(H,18,21)(H,19,20). The Morgan fingerprint density at radius 3 is 2.46 bits per heavy atom. The molecule has 0 saturated heterocycles. The first-order valence-electron chi connectivity index (χ1n) is 7.25. The van der Waals surface area contributed by atoms with Crippen LogP contribution in [0.25, 0.3) is 0 Å². The summed E-state index contributed by atoms with van der Waals surface area (Å²) in [6, 6.07) is 5.91. The zero-order chi connectivity index (χ0) is 17.7. The van der Waals surface area contributed by atoms with Crippen molar-refractivity contribution in [3.05, 3.63) is 47.4 Å². The molecule has 0 saturated carbocycles. The number of carboxylic acids is 1. The highest BCUT2D eigenvalue weighted by molar-refractivity contribution is 5.93. The lowest BCUT2D eigenvalue weighted by atomic mass is 10.0. The van der Waals surface area contributed by atoms with E-state index in [2.05, 4.69) is 5.32 Å². The number of aliphatic carboxylic acids is 1. The topological polar surface area (TPSA) is 98.0 Å². The van der Waals surface area contributed by atoms with Crippen LogP contribution in [0.2, 0.25) is 0 Å². The fourth-order valence-electron chi connectivity index (χ4n) is 2.33. The van der Waals surface area contributed by atoms with Crippen LogP contribution in [0.15, 0.2) is 34.9 Å². The SMILES string of the molecule is COc1ccc(C(CC(=O)O)NC(=O)c2occc2C)cc1OC. The van der Waals surface area contributed by atoms with E-state index < -0.39 is 17.9 Å². The number of amides is 1. The van der Waals surface area contributed by atoms with Gasteiger partial charge in [-0.15, -0.1) is 0 Å². The van der Waals surface area contributed by atoms with Crippen LogP contribution in [0.3, 0.4) is 0 Å². The average Bonchev–Trinajstić information content (AvgIpc) is 2.99. The zero-order valence-electron chi connectivity index (χ0n) is 13.7. The number of furan rings is 1. The maximum Gasteiger partial charge on any atom is 0.305 e. The van der Waals surface area contributed by atoms with Crippen LogP contribution in [0.4, 0.5) is 0 Å². The number of aryl methyl sites for hydroxylation is 1. The van der Waals surface area contributed by atoms with Crippen molar-refractivity contribution < 1.29 is 28.6 Å². The van der Waals surface area contributed by atoms with Gasteiger partial charge in [-0.05, 0) is 30.7 Å². The van der Waals surface area contributed by atoms with Crippen LogP contribution in [0, 0.1) is 6.92 Å². The van der Waals surface area contributed by atoms with E-state index in [9.17, 15) is 9.59 Å². The molecule has 2 N–H and O–H groups in total. The Morgan fingerprint density at radius 2 is 1.92 bits per heavy atom. The first-order chi connectivity index (χ1) is 11.5. The number of rotatable bonds is 7. The van der Waals surface area contributed by atoms with Gasteiger partial charge in [0.2, 0.25) is 0 Å². The van der Waals surface area contributed by atoms with Crippen LogP contribution in [0.1, 0.15) is 34.1 Å². The highest BCUT2D eigenvalue weighted by Crippen LogP contribution is 2.31. The second kappa shape index (κ2) is 7.54. The molecule has 0 bridgehead atoms. The number of benzene rings is 1. The van der Waals surface area contributed by atoms with E-state index in [1.54, 1.807) is 31.2 Å². The van der Waals surface area contributed by atoms with E-state index in [0.717, 1.165) is 0 Å². The van der Waals surface area contributed by atoms with E-state index in [1.165, 1.54) is 20.5 Å². The molecule has 24 heavy (non-hydrogen) atoms. The summed E-state index contributed by atoms with van der Waals surface area (Å²) in [7, 11) is 2.99. The van der Waals surface area contributed by atoms with Crippen molar-refractivity contribution in [2.75, 3.05) is 14.2 Å². The molecule has 0 aliphatic heterocycles. The smallest absolute Gasteiger partial charge is 0.305 e. The summed E-state index contributed by atoms with van der Waals surface area (Å²) < 4.78 is 15.5. The first kappa shape index (κ1) is 17.4. The van der Waals surface area contributed by atoms with Crippen LogP contribution in [0.5, 0.6) is 11.5 Å². The lowest BCUT2D eigenvalue weighted by molar-refractivity contribution is -0.137. The molecule has 1 heterocycles. The first-order valence-corrected chi connectivity index (χ1v) is 7.25. The lowest BCUT2D eigenvalue weighted by Crippen LogP contribution is -2.30. The van der Waals surface area contributed by atoms with Gasteiger partial charge in [0.1, 0.15) is 0 Å². The third-order valence-electron chi connectivity index (χ3n) is 3.56. The molecule has 0 fully saturated rings. The molecular formula is C17H19NO6. The van der Waals surface area contributed by atoms with E-state index in [0.29, 0.717) is 22.6 Å². The molecule has 0 spiro atoms. The van der Waals surface area contributed by atoms with Crippen molar-refractivity contribution in [3.63, 3.8) is 0 Å². The van der Waals surface area contributed by atoms with E-state index in [4.69, 9.17) is 19.0 Å². The molecule has 1 aromatic heterocycles. The van der Waals surface area contributed by atoms with Crippen LogP contribution >= 0.6 is 0 Å². The number of ether oxygens (including phenoxy) is 2. The molecular weight excluding hydrogens is 314 g/mol. The predicted molar refractivity (Wildman–Crippen MR) is 85.5 cm³/mol. The summed E-state index contributed by atoms with van der Waals surface area (Å²) in [6.07, 6.45) is 1.13. The Hall–Kier alpha value is -2.96. The monoisotopic (exact) mass is 333 g/mol. The summed E-state index contributed by atoms with van der Waals surface area (Å²) in [5.74, 6) is -0.381. The van der Waals surface area contributed by atoms with Gasteiger partial charge in [-0.3, -0.25) is 9.59 Å². The number of carbonyl (C=O) groups is 2. The van der Waals surface area contributed by atoms with Crippen molar-refractivity contribution in [1.29, 1.82) is 0 Å². The Morgan fingerprint density at radius 1 is 1.21 bits per heavy atom. The second-order valence-corrected chi connectivity index (χ2v) is 5.17. The van der Waals surface area contributed by atoms with Crippen LogP contribution in [-0.4, -0.2) is 31.2 Å². The fourth-order valence-corrected chi connectivity index (χ4v) is 2.33. The molecule has 0 radical (unpaired) electrons. The van der Waals surface area contributed by atoms with Gasteiger partial charge in [0.15, 0.2) is 17.3 Å². The molecule has 0 aliphatic rings. The molecule has 7 heteroatoms. The molecule has 1 aromatic carbocycles. The number of methoxy groups -OCH3 is 2. The summed E-state index contributed by atoms with van der Waals surface area (Å²) in [4.78, 5) is 23.5. The summed E-state index contributed by atoms with van der Waals surface area (Å²) >= 11 is 0. The largest absolute Gasteiger partial charge is 0.493 e. The Labute approximate surface area is 139 Å². The molecule has 128 valence electrons. The van der Waals surface area contributed by atoms with Crippen LogP contribution in [-0.2, 0) is 4.79 Å². The molecule has 2 rings (SSSR count). The predicted octanol–water partition coefficient (Wildman–Crippen LogP) is 2.55. The number of carboxylic acid groups (broad SMARTS) is 1. The molecule has 1 atom stereocenters. The van der Waals surface area contributed by atoms with Crippen molar-refractivity contribution >= 4 is 11.9 Å². The van der Waals surface area contributed by atoms with Gasteiger partial charge in [0, 0.05) is 5.56 Å². The normalized spacial score (nSPS) is 11.6. The van der Waals surface area contributed by atoms with Gasteiger partial charge in [-0.25, -0.2) is 0 Å². The number of hydrogen-bond donors (Lipinski definition) is 2. The maximum absolute atomic E-state index is 12.3. The molecule has 1 unspecified atom stereocenters. The number of carbonyl (C=O) groups excluding carboxylic acids is 1. The average molecular weight is 333 g/mol. The van der Waals surface area contributed by atoms with Gasteiger partial charge in [0.05, 0.1) is 32.9 Å². The molecule has 0 aliphatic carbocycles. The summed E-state index contributed by atoms with van der Waals surface area (Å²) in [5, 5.41) is 11.8. The van der Waals surface area contributed by atoms with Gasteiger partial charge in [-0.1, -0.05) is 6.07 Å². The fraction of sp³-hybridized carbons (Fsp3) is 0.294. The molecule has 7 nitrogen and oxygen atoms in total. The van der Waals surface area contributed by atoms with Gasteiger partial charge >= 0.3 is 5.97 Å². The van der Waals surface area contributed by atoms with Gasteiger partial charge < -0.3 is 24.3 Å². The van der Waals surface area contributed by atoms with Crippen molar-refractivity contribution in [2.24, 2.45) is 0 Å². The molecule has 1 amide bonds. The third-order valence-corrected chi connectivity index (χ3v) is 3.56. The quantitative estimate of drug-likeness (QED) is 0.808. The van der Waals surface area contributed by atoms with E-state index in [-0.39, 0.29) is 12.2 Å². The van der Waals surface area contributed by atoms with Crippen molar-refractivity contribution in [2.45, 2.75) is 19.4 Å².